The van der Waals surface area contributed by atoms with E-state index < -0.39 is 5.97 Å². The number of anilines is 1. The van der Waals surface area contributed by atoms with Crippen LogP contribution >= 0.6 is 0 Å². The summed E-state index contributed by atoms with van der Waals surface area (Å²) in [4.78, 5) is 11.9. The van der Waals surface area contributed by atoms with Gasteiger partial charge in [-0.3, -0.25) is 0 Å². The van der Waals surface area contributed by atoms with Gasteiger partial charge in [-0.15, -0.1) is 0 Å². The number of nitrogen functional groups attached to an aromatic ring is 1. The van der Waals surface area contributed by atoms with Crippen LogP contribution in [0.25, 0.3) is 0 Å². The maximum absolute atomic E-state index is 11.9. The second kappa shape index (κ2) is 4.91. The molecule has 0 saturated carbocycles. The predicted molar refractivity (Wildman–Crippen MR) is 62.7 cm³/mol. The van der Waals surface area contributed by atoms with Crippen LogP contribution in [-0.2, 0) is 17.9 Å². The highest BCUT2D eigenvalue weighted by molar-refractivity contribution is 5.89. The Morgan fingerprint density at radius 1 is 1.56 bits per heavy atom. The van der Waals surface area contributed by atoms with Gasteiger partial charge in [0.1, 0.15) is 23.7 Å². The van der Waals surface area contributed by atoms with Crippen molar-refractivity contribution in [2.24, 2.45) is 0 Å². The van der Waals surface area contributed by atoms with E-state index in [4.69, 9.17) is 10.5 Å². The first-order valence-corrected chi connectivity index (χ1v) is 5.52. The van der Waals surface area contributed by atoms with Crippen LogP contribution in [0.4, 0.5) is 5.69 Å². The fraction of sp³-hybridized carbons (Fsp3) is 0.364. The van der Waals surface area contributed by atoms with E-state index in [0.717, 1.165) is 0 Å². The highest BCUT2D eigenvalue weighted by atomic mass is 16.6. The molecule has 2 rings (SSSR count). The van der Waals surface area contributed by atoms with Gasteiger partial charge in [0.05, 0.1) is 5.69 Å². The highest BCUT2D eigenvalue weighted by Crippen LogP contribution is 2.13. The highest BCUT2D eigenvalue weighted by Gasteiger charge is 2.15. The van der Waals surface area contributed by atoms with Gasteiger partial charge in [-0.25, -0.2) is 9.42 Å². The minimum absolute atomic E-state index is 0.0307. The van der Waals surface area contributed by atoms with Gasteiger partial charge < -0.3 is 15.0 Å². The summed E-state index contributed by atoms with van der Waals surface area (Å²) in [6.07, 6.45) is 1.69. The third-order valence-electron chi connectivity index (χ3n) is 2.55. The molecule has 0 radical (unpaired) electrons. The minimum atomic E-state index is -0.448. The first-order chi connectivity index (χ1) is 8.61. The van der Waals surface area contributed by atoms with Crippen molar-refractivity contribution >= 4 is 11.7 Å². The van der Waals surface area contributed by atoms with Gasteiger partial charge in [0, 0.05) is 12.7 Å². The molecular weight excluding hydrogens is 236 g/mol. The maximum Gasteiger partial charge on any atom is 0.355 e. The van der Waals surface area contributed by atoms with Gasteiger partial charge in [-0.2, -0.15) is 0 Å². The average Bonchev–Trinajstić information content (AvgIpc) is 2.92. The van der Waals surface area contributed by atoms with Crippen molar-refractivity contribution in [2.75, 3.05) is 5.73 Å². The molecule has 96 valence electrons. The van der Waals surface area contributed by atoms with Gasteiger partial charge in [0.15, 0.2) is 0 Å². The molecular formula is C11H14N4O3. The molecule has 7 nitrogen and oxygen atoms in total. The molecule has 0 bridgehead atoms. The van der Waals surface area contributed by atoms with Gasteiger partial charge >= 0.3 is 5.97 Å². The Kier molecular flexibility index (Phi) is 3.31. The number of ether oxygens (including phenoxy) is 1. The van der Waals surface area contributed by atoms with Crippen LogP contribution in [0.5, 0.6) is 0 Å². The molecule has 2 N–H and O–H groups in total. The largest absolute Gasteiger partial charge is 0.454 e. The normalized spacial score (nSPS) is 10.6. The molecule has 2 aromatic rings. The average molecular weight is 250 g/mol. The topological polar surface area (TPSA) is 96.2 Å². The smallest absolute Gasteiger partial charge is 0.355 e. The van der Waals surface area contributed by atoms with Crippen molar-refractivity contribution in [2.45, 2.75) is 27.0 Å². The number of carbonyl (C=O) groups excluding carboxylic acids is 1. The first kappa shape index (κ1) is 12.2. The van der Waals surface area contributed by atoms with Crippen molar-refractivity contribution in [1.29, 1.82) is 0 Å². The monoisotopic (exact) mass is 250 g/mol. The second-order valence-electron chi connectivity index (χ2n) is 3.82. The Balaban J connectivity index is 2.06. The Bertz CT molecular complexity index is 558. The molecule has 2 heterocycles. The summed E-state index contributed by atoms with van der Waals surface area (Å²) in [5.41, 5.74) is 7.70. The lowest BCUT2D eigenvalue weighted by Crippen LogP contribution is -2.11. The first-order valence-electron chi connectivity index (χ1n) is 5.52. The number of rotatable bonds is 4. The van der Waals surface area contributed by atoms with Crippen LogP contribution in [-0.4, -0.2) is 20.8 Å². The van der Waals surface area contributed by atoms with E-state index in [9.17, 15) is 4.79 Å². The number of hydrogen-bond donors (Lipinski definition) is 1. The zero-order chi connectivity index (χ0) is 13.1. The van der Waals surface area contributed by atoms with E-state index in [1.165, 1.54) is 0 Å². The quantitative estimate of drug-likeness (QED) is 0.817. The van der Waals surface area contributed by atoms with Crippen LogP contribution in [0.2, 0.25) is 0 Å². The number of carbonyl (C=O) groups is 1. The maximum atomic E-state index is 11.9. The summed E-state index contributed by atoms with van der Waals surface area (Å²) in [5, 5.41) is 7.24. The number of nitrogens with two attached hydrogens (primary N) is 1. The third kappa shape index (κ3) is 2.34. The lowest BCUT2D eigenvalue weighted by atomic mass is 10.3. The van der Waals surface area contributed by atoms with Crippen LogP contribution in [0.3, 0.4) is 0 Å². The van der Waals surface area contributed by atoms with Crippen LogP contribution in [0, 0.1) is 6.92 Å². The third-order valence-corrected chi connectivity index (χ3v) is 2.55. The molecule has 0 aliphatic heterocycles. The molecule has 0 fully saturated rings. The number of hydrogen-bond acceptors (Lipinski definition) is 6. The van der Waals surface area contributed by atoms with Gasteiger partial charge in [0.25, 0.3) is 0 Å². The lowest BCUT2D eigenvalue weighted by molar-refractivity contribution is 0.0451. The van der Waals surface area contributed by atoms with E-state index in [2.05, 4.69) is 14.9 Å². The van der Waals surface area contributed by atoms with E-state index in [-0.39, 0.29) is 6.61 Å². The van der Waals surface area contributed by atoms with E-state index in [1.54, 1.807) is 23.8 Å². The van der Waals surface area contributed by atoms with Crippen molar-refractivity contribution in [1.82, 2.24) is 14.9 Å². The summed E-state index contributed by atoms with van der Waals surface area (Å²) in [6, 6.07) is 1.58. The number of aryl methyl sites for hydroxylation is 2. The van der Waals surface area contributed by atoms with E-state index >= 15 is 0 Å². The summed E-state index contributed by atoms with van der Waals surface area (Å²) < 4.78 is 11.4. The van der Waals surface area contributed by atoms with Gasteiger partial charge in [0.2, 0.25) is 0 Å². The molecule has 0 atom stereocenters. The fourth-order valence-electron chi connectivity index (χ4n) is 1.55. The van der Waals surface area contributed by atoms with Crippen molar-refractivity contribution < 1.29 is 14.2 Å². The number of esters is 1. The Labute approximate surface area is 103 Å². The molecule has 7 heteroatoms. The summed E-state index contributed by atoms with van der Waals surface area (Å²) in [6.45, 7) is 4.32. The Morgan fingerprint density at radius 3 is 2.94 bits per heavy atom. The molecule has 18 heavy (non-hydrogen) atoms. The summed E-state index contributed by atoms with van der Waals surface area (Å²) in [5.74, 6) is -0.448. The molecule has 2 aromatic heterocycles. The molecule has 0 unspecified atom stereocenters. The Morgan fingerprint density at radius 2 is 2.33 bits per heavy atom. The van der Waals surface area contributed by atoms with Crippen LogP contribution in [0.1, 0.15) is 28.8 Å². The molecule has 0 aliphatic carbocycles. The Hall–Kier alpha value is -2.31. The number of nitrogens with zero attached hydrogens (tertiary/aromatic N) is 3. The minimum Gasteiger partial charge on any atom is -0.454 e. The molecule has 0 aliphatic rings. The van der Waals surface area contributed by atoms with Crippen LogP contribution in [0.15, 0.2) is 16.9 Å². The predicted octanol–water partition coefficient (Wildman–Crippen LogP) is 1.14. The van der Waals surface area contributed by atoms with Crippen molar-refractivity contribution in [3.05, 3.63) is 29.3 Å². The fourth-order valence-corrected chi connectivity index (χ4v) is 1.55. The zero-order valence-corrected chi connectivity index (χ0v) is 10.2. The SMILES string of the molecule is CCn1cc(N)cc1C(=O)OCc1nonc1C. The lowest BCUT2D eigenvalue weighted by Gasteiger charge is -2.05. The van der Waals surface area contributed by atoms with Crippen molar-refractivity contribution in [3.63, 3.8) is 0 Å². The standard InChI is InChI=1S/C11H14N4O3/c1-3-15-5-8(12)4-10(15)11(16)17-6-9-7(2)13-18-14-9/h4-5H,3,6,12H2,1-2H3. The van der Waals surface area contributed by atoms with Gasteiger partial charge in [-0.05, 0) is 19.9 Å². The molecule has 0 spiro atoms. The summed E-state index contributed by atoms with van der Waals surface area (Å²) >= 11 is 0. The summed E-state index contributed by atoms with van der Waals surface area (Å²) in [7, 11) is 0. The van der Waals surface area contributed by atoms with Crippen molar-refractivity contribution in [3.8, 4) is 0 Å². The van der Waals surface area contributed by atoms with Crippen LogP contribution < -0.4 is 5.73 Å². The second-order valence-corrected chi connectivity index (χ2v) is 3.82. The van der Waals surface area contributed by atoms with E-state index in [0.29, 0.717) is 29.3 Å². The zero-order valence-electron chi connectivity index (χ0n) is 10.2. The molecule has 0 amide bonds. The van der Waals surface area contributed by atoms with E-state index in [1.807, 2.05) is 6.92 Å². The van der Waals surface area contributed by atoms with Gasteiger partial charge in [-0.1, -0.05) is 10.3 Å². The molecule has 0 saturated heterocycles. The number of aromatic nitrogens is 3. The molecule has 0 aromatic carbocycles.